The predicted octanol–water partition coefficient (Wildman–Crippen LogP) is -0.762. The van der Waals surface area contributed by atoms with E-state index < -0.39 is 5.41 Å². The highest BCUT2D eigenvalue weighted by atomic mass is 16.3. The highest BCUT2D eigenvalue weighted by molar-refractivity contribution is 4.92. The minimum Gasteiger partial charge on any atom is -0.396 e. The summed E-state index contributed by atoms with van der Waals surface area (Å²) < 4.78 is 1.65. The predicted molar refractivity (Wildman–Crippen MR) is 59.6 cm³/mol. The Hall–Kier alpha value is -0.980. The van der Waals surface area contributed by atoms with Gasteiger partial charge < -0.3 is 10.2 Å². The van der Waals surface area contributed by atoms with Gasteiger partial charge in [-0.1, -0.05) is 12.1 Å². The van der Waals surface area contributed by atoms with Crippen LogP contribution >= 0.6 is 0 Å². The van der Waals surface area contributed by atoms with Gasteiger partial charge in [0.15, 0.2) is 0 Å². The second-order valence-corrected chi connectivity index (χ2v) is 4.68. The summed E-state index contributed by atoms with van der Waals surface area (Å²) in [5, 5.41) is 26.2. The van der Waals surface area contributed by atoms with Crippen molar-refractivity contribution in [2.24, 2.45) is 12.5 Å². The molecule has 0 spiro atoms. The van der Waals surface area contributed by atoms with E-state index in [2.05, 4.69) is 10.3 Å². The minimum atomic E-state index is -0.475. The Morgan fingerprint density at radius 2 is 2.06 bits per heavy atom. The molecule has 0 aliphatic rings. The van der Waals surface area contributed by atoms with E-state index in [1.54, 1.807) is 4.68 Å². The van der Waals surface area contributed by atoms with Crippen LogP contribution in [0, 0.1) is 5.41 Å². The van der Waals surface area contributed by atoms with Crippen molar-refractivity contribution in [1.82, 2.24) is 19.9 Å². The Kier molecular flexibility index (Phi) is 4.40. The Balaban J connectivity index is 2.50. The van der Waals surface area contributed by atoms with Gasteiger partial charge >= 0.3 is 0 Å². The molecule has 92 valence electrons. The molecule has 0 bridgehead atoms. The number of rotatable bonds is 6. The van der Waals surface area contributed by atoms with E-state index in [4.69, 9.17) is 0 Å². The Labute approximate surface area is 95.5 Å². The number of hydrogen-bond donors (Lipinski definition) is 2. The molecular formula is C10H20N4O2. The van der Waals surface area contributed by atoms with Crippen LogP contribution in [-0.2, 0) is 13.6 Å². The lowest BCUT2D eigenvalue weighted by molar-refractivity contribution is 0.0399. The third kappa shape index (κ3) is 3.55. The molecule has 0 amide bonds. The third-order valence-electron chi connectivity index (χ3n) is 2.50. The van der Waals surface area contributed by atoms with E-state index >= 15 is 0 Å². The van der Waals surface area contributed by atoms with Gasteiger partial charge in [-0.3, -0.25) is 9.58 Å². The van der Waals surface area contributed by atoms with Gasteiger partial charge in [-0.25, -0.2) is 0 Å². The second-order valence-electron chi connectivity index (χ2n) is 4.68. The van der Waals surface area contributed by atoms with Crippen LogP contribution in [0.1, 0.15) is 12.6 Å². The van der Waals surface area contributed by atoms with Crippen LogP contribution < -0.4 is 0 Å². The largest absolute Gasteiger partial charge is 0.396 e. The number of nitrogens with zero attached hydrogens (tertiary/aromatic N) is 4. The van der Waals surface area contributed by atoms with Gasteiger partial charge in [0, 0.05) is 31.7 Å². The second kappa shape index (κ2) is 5.38. The molecule has 16 heavy (non-hydrogen) atoms. The summed E-state index contributed by atoms with van der Waals surface area (Å²) in [5.74, 6) is 0. The average molecular weight is 228 g/mol. The van der Waals surface area contributed by atoms with Gasteiger partial charge in [-0.05, 0) is 7.05 Å². The fourth-order valence-electron chi connectivity index (χ4n) is 1.60. The number of hydrogen-bond acceptors (Lipinski definition) is 5. The van der Waals surface area contributed by atoms with E-state index in [1.165, 1.54) is 0 Å². The normalized spacial score (nSPS) is 12.4. The molecule has 0 aliphatic heterocycles. The van der Waals surface area contributed by atoms with Gasteiger partial charge in [0.1, 0.15) is 0 Å². The first-order valence-electron chi connectivity index (χ1n) is 5.24. The molecule has 6 nitrogen and oxygen atoms in total. The summed E-state index contributed by atoms with van der Waals surface area (Å²) in [6, 6.07) is 0. The van der Waals surface area contributed by atoms with Gasteiger partial charge in [0.05, 0.1) is 18.9 Å². The molecule has 0 saturated heterocycles. The molecule has 1 aromatic heterocycles. The number of aryl methyl sites for hydroxylation is 1. The van der Waals surface area contributed by atoms with Crippen molar-refractivity contribution in [3.63, 3.8) is 0 Å². The van der Waals surface area contributed by atoms with Crippen LogP contribution in [0.3, 0.4) is 0 Å². The smallest absolute Gasteiger partial charge is 0.0966 e. The summed E-state index contributed by atoms with van der Waals surface area (Å²) in [7, 11) is 3.75. The summed E-state index contributed by atoms with van der Waals surface area (Å²) >= 11 is 0. The van der Waals surface area contributed by atoms with Crippen molar-refractivity contribution >= 4 is 0 Å². The molecule has 0 saturated carbocycles. The molecule has 0 fully saturated rings. The van der Waals surface area contributed by atoms with Crippen LogP contribution in [-0.4, -0.2) is 56.9 Å². The van der Waals surface area contributed by atoms with Crippen molar-refractivity contribution in [3.8, 4) is 0 Å². The van der Waals surface area contributed by atoms with Crippen LogP contribution in [0.25, 0.3) is 0 Å². The van der Waals surface area contributed by atoms with Gasteiger partial charge in [0.25, 0.3) is 0 Å². The molecule has 6 heteroatoms. The molecule has 0 aromatic carbocycles. The fourth-order valence-corrected chi connectivity index (χ4v) is 1.60. The number of aliphatic hydroxyl groups excluding tert-OH is 2. The van der Waals surface area contributed by atoms with E-state index in [1.807, 2.05) is 32.1 Å². The maximum atomic E-state index is 9.19. The van der Waals surface area contributed by atoms with Crippen LogP contribution in [0.15, 0.2) is 6.20 Å². The van der Waals surface area contributed by atoms with Crippen molar-refractivity contribution in [3.05, 3.63) is 11.9 Å². The van der Waals surface area contributed by atoms with Crippen molar-refractivity contribution < 1.29 is 10.2 Å². The van der Waals surface area contributed by atoms with Crippen molar-refractivity contribution in [2.45, 2.75) is 13.5 Å². The van der Waals surface area contributed by atoms with E-state index in [9.17, 15) is 10.2 Å². The lowest BCUT2D eigenvalue weighted by Gasteiger charge is -2.29. The zero-order valence-corrected chi connectivity index (χ0v) is 10.1. The van der Waals surface area contributed by atoms with E-state index in [-0.39, 0.29) is 13.2 Å². The summed E-state index contributed by atoms with van der Waals surface area (Å²) in [6.45, 7) is 3.04. The molecule has 1 aromatic rings. The van der Waals surface area contributed by atoms with Crippen molar-refractivity contribution in [2.75, 3.05) is 26.8 Å². The summed E-state index contributed by atoms with van der Waals surface area (Å²) in [4.78, 5) is 2.01. The standard InChI is InChI=1S/C10H20N4O2/c1-10(7-15,8-16)6-13(2)4-9-5-14(3)12-11-9/h5,15-16H,4,6-8H2,1-3H3. The van der Waals surface area contributed by atoms with Gasteiger partial charge in [-0.2, -0.15) is 0 Å². The minimum absolute atomic E-state index is 0.0334. The highest BCUT2D eigenvalue weighted by Gasteiger charge is 2.24. The topological polar surface area (TPSA) is 74.4 Å². The molecule has 1 heterocycles. The molecule has 0 aliphatic carbocycles. The molecule has 0 radical (unpaired) electrons. The van der Waals surface area contributed by atoms with Crippen molar-refractivity contribution in [1.29, 1.82) is 0 Å². The number of aromatic nitrogens is 3. The van der Waals surface area contributed by atoms with Crippen LogP contribution in [0.5, 0.6) is 0 Å². The molecule has 0 unspecified atom stereocenters. The van der Waals surface area contributed by atoms with E-state index in [0.29, 0.717) is 13.1 Å². The van der Waals surface area contributed by atoms with Crippen LogP contribution in [0.2, 0.25) is 0 Å². The SMILES string of the molecule is CN(Cc1cn(C)nn1)CC(C)(CO)CO. The molecule has 2 N–H and O–H groups in total. The first-order valence-corrected chi connectivity index (χ1v) is 5.24. The molecular weight excluding hydrogens is 208 g/mol. The maximum Gasteiger partial charge on any atom is 0.0966 e. The summed E-state index contributed by atoms with van der Waals surface area (Å²) in [6.07, 6.45) is 1.85. The Bertz CT molecular complexity index is 322. The lowest BCUT2D eigenvalue weighted by Crippen LogP contribution is -2.38. The zero-order chi connectivity index (χ0) is 12.2. The maximum absolute atomic E-state index is 9.19. The first kappa shape index (κ1) is 13.1. The van der Waals surface area contributed by atoms with E-state index in [0.717, 1.165) is 5.69 Å². The van der Waals surface area contributed by atoms with Gasteiger partial charge in [-0.15, -0.1) is 5.10 Å². The lowest BCUT2D eigenvalue weighted by atomic mass is 9.92. The zero-order valence-electron chi connectivity index (χ0n) is 10.1. The highest BCUT2D eigenvalue weighted by Crippen LogP contribution is 2.16. The van der Waals surface area contributed by atoms with Crippen LogP contribution in [0.4, 0.5) is 0 Å². The Morgan fingerprint density at radius 3 is 2.50 bits per heavy atom. The first-order chi connectivity index (χ1) is 7.49. The average Bonchev–Trinajstić information content (AvgIpc) is 2.63. The quantitative estimate of drug-likeness (QED) is 0.669. The van der Waals surface area contributed by atoms with Gasteiger partial charge in [0.2, 0.25) is 0 Å². The Morgan fingerprint density at radius 1 is 1.44 bits per heavy atom. The summed E-state index contributed by atoms with van der Waals surface area (Å²) in [5.41, 5.74) is 0.403. The monoisotopic (exact) mass is 228 g/mol. The third-order valence-corrected chi connectivity index (χ3v) is 2.50. The molecule has 0 atom stereocenters. The number of aliphatic hydroxyl groups is 2. The molecule has 1 rings (SSSR count). The fraction of sp³-hybridized carbons (Fsp3) is 0.800.